The summed E-state index contributed by atoms with van der Waals surface area (Å²) in [5.74, 6) is 0.808. The molecule has 0 saturated heterocycles. The number of nitrogens with zero attached hydrogens (tertiary/aromatic N) is 2. The van der Waals surface area contributed by atoms with E-state index in [1.807, 2.05) is 30.3 Å². The number of halogens is 2. The standard InChI is InChI=1S/C13H12Cl2N2O2/c14-11-12(15)16-9-17(13(11)18)7-4-8-19-10-5-2-1-3-6-10/h1-3,5-6,9H,4,7-8H2. The molecule has 0 amide bonds. The SMILES string of the molecule is O=c1c(Cl)c(Cl)ncn1CCCOc1ccccc1. The van der Waals surface area contributed by atoms with Crippen LogP contribution in [0.25, 0.3) is 0 Å². The minimum Gasteiger partial charge on any atom is -0.494 e. The number of benzene rings is 1. The fourth-order valence-electron chi connectivity index (χ4n) is 1.54. The smallest absolute Gasteiger partial charge is 0.273 e. The van der Waals surface area contributed by atoms with Crippen LogP contribution in [0.3, 0.4) is 0 Å². The van der Waals surface area contributed by atoms with Gasteiger partial charge < -0.3 is 4.74 Å². The van der Waals surface area contributed by atoms with Crippen LogP contribution in [0.2, 0.25) is 10.2 Å². The molecule has 1 aromatic carbocycles. The fraction of sp³-hybridized carbons (Fsp3) is 0.231. The highest BCUT2D eigenvalue weighted by Crippen LogP contribution is 2.13. The van der Waals surface area contributed by atoms with E-state index in [0.717, 1.165) is 5.75 Å². The number of ether oxygens (including phenoxy) is 1. The minimum atomic E-state index is -0.332. The molecule has 6 heteroatoms. The first-order chi connectivity index (χ1) is 9.18. The van der Waals surface area contributed by atoms with Crippen LogP contribution in [0.1, 0.15) is 6.42 Å². The lowest BCUT2D eigenvalue weighted by molar-refractivity contribution is 0.300. The molecule has 0 radical (unpaired) electrons. The highest BCUT2D eigenvalue weighted by Gasteiger charge is 2.06. The third kappa shape index (κ3) is 3.72. The van der Waals surface area contributed by atoms with Gasteiger partial charge in [0.2, 0.25) is 0 Å². The van der Waals surface area contributed by atoms with Gasteiger partial charge >= 0.3 is 0 Å². The van der Waals surface area contributed by atoms with Crippen LogP contribution >= 0.6 is 23.2 Å². The Balaban J connectivity index is 1.87. The van der Waals surface area contributed by atoms with Gasteiger partial charge in [-0.05, 0) is 18.6 Å². The molecule has 100 valence electrons. The molecule has 1 aromatic heterocycles. The largest absolute Gasteiger partial charge is 0.494 e. The van der Waals surface area contributed by atoms with Crippen molar-refractivity contribution in [2.24, 2.45) is 0 Å². The van der Waals surface area contributed by atoms with Gasteiger partial charge in [0, 0.05) is 6.54 Å². The van der Waals surface area contributed by atoms with Gasteiger partial charge in [-0.15, -0.1) is 0 Å². The van der Waals surface area contributed by atoms with Gasteiger partial charge in [0.05, 0.1) is 12.9 Å². The number of hydrogen-bond donors (Lipinski definition) is 0. The maximum Gasteiger partial charge on any atom is 0.273 e. The average Bonchev–Trinajstić information content (AvgIpc) is 2.44. The first-order valence-corrected chi connectivity index (χ1v) is 6.52. The predicted octanol–water partition coefficient (Wildman–Crippen LogP) is 3.02. The number of aryl methyl sites for hydroxylation is 1. The molecule has 0 saturated carbocycles. The van der Waals surface area contributed by atoms with Crippen molar-refractivity contribution in [3.63, 3.8) is 0 Å². The summed E-state index contributed by atoms with van der Waals surface area (Å²) in [7, 11) is 0. The normalized spacial score (nSPS) is 10.4. The van der Waals surface area contributed by atoms with Gasteiger partial charge in [-0.2, -0.15) is 0 Å². The molecule has 19 heavy (non-hydrogen) atoms. The van der Waals surface area contributed by atoms with Crippen molar-refractivity contribution in [2.45, 2.75) is 13.0 Å². The molecule has 0 N–H and O–H groups in total. The number of hydrogen-bond acceptors (Lipinski definition) is 3. The summed E-state index contributed by atoms with van der Waals surface area (Å²) in [6.07, 6.45) is 2.06. The summed E-state index contributed by atoms with van der Waals surface area (Å²) >= 11 is 11.4. The number of para-hydroxylation sites is 1. The van der Waals surface area contributed by atoms with E-state index in [2.05, 4.69) is 4.98 Å². The monoisotopic (exact) mass is 298 g/mol. The molecule has 0 atom stereocenters. The van der Waals surface area contributed by atoms with Gasteiger partial charge in [0.15, 0.2) is 5.15 Å². The zero-order valence-corrected chi connectivity index (χ0v) is 11.6. The molecule has 2 aromatic rings. The van der Waals surface area contributed by atoms with Crippen LogP contribution in [0.15, 0.2) is 41.5 Å². The molecule has 0 aliphatic rings. The lowest BCUT2D eigenvalue weighted by Gasteiger charge is -2.08. The summed E-state index contributed by atoms with van der Waals surface area (Å²) in [5, 5.41) is -0.0170. The van der Waals surface area contributed by atoms with Crippen LogP contribution in [-0.2, 0) is 6.54 Å². The molecule has 0 spiro atoms. The van der Waals surface area contributed by atoms with Gasteiger partial charge in [0.25, 0.3) is 5.56 Å². The summed E-state index contributed by atoms with van der Waals surface area (Å²) < 4.78 is 6.95. The van der Waals surface area contributed by atoms with E-state index < -0.39 is 0 Å². The Morgan fingerprint density at radius 2 is 1.95 bits per heavy atom. The number of rotatable bonds is 5. The van der Waals surface area contributed by atoms with Crippen molar-refractivity contribution in [2.75, 3.05) is 6.61 Å². The first kappa shape index (κ1) is 13.9. The Morgan fingerprint density at radius 1 is 1.21 bits per heavy atom. The molecule has 0 fully saturated rings. The van der Waals surface area contributed by atoms with E-state index in [-0.39, 0.29) is 15.7 Å². The maximum atomic E-state index is 11.7. The Kier molecular flexibility index (Phi) is 4.82. The second kappa shape index (κ2) is 6.59. The van der Waals surface area contributed by atoms with E-state index in [0.29, 0.717) is 19.6 Å². The van der Waals surface area contributed by atoms with Crippen LogP contribution in [0.5, 0.6) is 5.75 Å². The number of aromatic nitrogens is 2. The minimum absolute atomic E-state index is 0.0310. The van der Waals surface area contributed by atoms with E-state index in [9.17, 15) is 4.79 Å². The topological polar surface area (TPSA) is 44.1 Å². The van der Waals surface area contributed by atoms with E-state index in [4.69, 9.17) is 27.9 Å². The third-order valence-corrected chi connectivity index (χ3v) is 3.22. The van der Waals surface area contributed by atoms with Crippen molar-refractivity contribution >= 4 is 23.2 Å². The summed E-state index contributed by atoms with van der Waals surface area (Å²) in [5.41, 5.74) is -0.332. The van der Waals surface area contributed by atoms with Crippen molar-refractivity contribution < 1.29 is 4.74 Å². The summed E-state index contributed by atoms with van der Waals surface area (Å²) in [6.45, 7) is 0.992. The Morgan fingerprint density at radius 3 is 2.68 bits per heavy atom. The quantitative estimate of drug-likeness (QED) is 0.629. The third-order valence-electron chi connectivity index (χ3n) is 2.50. The van der Waals surface area contributed by atoms with E-state index in [1.165, 1.54) is 10.9 Å². The van der Waals surface area contributed by atoms with Gasteiger partial charge in [-0.1, -0.05) is 41.4 Å². The molecule has 0 bridgehead atoms. The Labute approximate surface area is 120 Å². The molecule has 1 heterocycles. The van der Waals surface area contributed by atoms with E-state index in [1.54, 1.807) is 0 Å². The van der Waals surface area contributed by atoms with Crippen LogP contribution in [0, 0.1) is 0 Å². The van der Waals surface area contributed by atoms with E-state index >= 15 is 0 Å². The van der Waals surface area contributed by atoms with Crippen molar-refractivity contribution in [1.29, 1.82) is 0 Å². The van der Waals surface area contributed by atoms with Crippen LogP contribution in [0.4, 0.5) is 0 Å². The van der Waals surface area contributed by atoms with Crippen molar-refractivity contribution in [1.82, 2.24) is 9.55 Å². The predicted molar refractivity (Wildman–Crippen MR) is 75.1 cm³/mol. The molecule has 4 nitrogen and oxygen atoms in total. The molecule has 0 unspecified atom stereocenters. The van der Waals surface area contributed by atoms with Crippen molar-refractivity contribution in [3.8, 4) is 5.75 Å². The van der Waals surface area contributed by atoms with Gasteiger partial charge in [-0.25, -0.2) is 4.98 Å². The lowest BCUT2D eigenvalue weighted by Crippen LogP contribution is -2.22. The summed E-state index contributed by atoms with van der Waals surface area (Å²) in [4.78, 5) is 15.6. The first-order valence-electron chi connectivity index (χ1n) is 5.77. The Bertz CT molecular complexity index is 599. The fourth-order valence-corrected chi connectivity index (χ4v) is 1.83. The Hall–Kier alpha value is -1.52. The van der Waals surface area contributed by atoms with Gasteiger partial charge in [0.1, 0.15) is 10.8 Å². The van der Waals surface area contributed by atoms with Crippen molar-refractivity contribution in [3.05, 3.63) is 57.2 Å². The molecular formula is C13H12Cl2N2O2. The second-order valence-electron chi connectivity index (χ2n) is 3.86. The highest BCUT2D eigenvalue weighted by atomic mass is 35.5. The van der Waals surface area contributed by atoms with Crippen LogP contribution in [-0.4, -0.2) is 16.2 Å². The molecule has 2 rings (SSSR count). The van der Waals surface area contributed by atoms with Gasteiger partial charge in [-0.3, -0.25) is 9.36 Å². The highest BCUT2D eigenvalue weighted by molar-refractivity contribution is 6.40. The maximum absolute atomic E-state index is 11.7. The lowest BCUT2D eigenvalue weighted by atomic mass is 10.3. The zero-order chi connectivity index (χ0) is 13.7. The molecule has 0 aliphatic heterocycles. The molecule has 0 aliphatic carbocycles. The zero-order valence-electron chi connectivity index (χ0n) is 10.1. The average molecular weight is 299 g/mol. The second-order valence-corrected chi connectivity index (χ2v) is 4.60. The van der Waals surface area contributed by atoms with Crippen LogP contribution < -0.4 is 10.3 Å². The summed E-state index contributed by atoms with van der Waals surface area (Å²) in [6, 6.07) is 9.50. The molecular weight excluding hydrogens is 287 g/mol.